The Kier molecular flexibility index (Phi) is 4.47. The molecule has 1 aliphatic carbocycles. The Hall–Kier alpha value is -3.41. The molecular weight excluding hydrogens is 364 g/mol. The number of hydrogen-bond donors (Lipinski definition) is 0. The Balaban J connectivity index is 1.78. The van der Waals surface area contributed by atoms with Crippen LogP contribution in [0.1, 0.15) is 11.1 Å². The number of nitriles is 2. The predicted molar refractivity (Wildman–Crippen MR) is 116 cm³/mol. The zero-order valence-corrected chi connectivity index (χ0v) is 16.7. The maximum atomic E-state index is 9.32. The summed E-state index contributed by atoms with van der Waals surface area (Å²) in [5.74, 6) is 0. The molecule has 1 heterocycles. The van der Waals surface area contributed by atoms with Gasteiger partial charge in [0, 0.05) is 37.3 Å². The molecule has 0 amide bonds. The summed E-state index contributed by atoms with van der Waals surface area (Å²) in [4.78, 5) is 5.50. The van der Waals surface area contributed by atoms with Gasteiger partial charge in [-0.15, -0.1) is 0 Å². The van der Waals surface area contributed by atoms with Gasteiger partial charge in [0.05, 0.1) is 10.7 Å². The van der Waals surface area contributed by atoms with Crippen LogP contribution in [0.4, 0.5) is 11.4 Å². The smallest absolute Gasteiger partial charge is 0.137 e. The van der Waals surface area contributed by atoms with Gasteiger partial charge in [-0.2, -0.15) is 10.5 Å². The summed E-state index contributed by atoms with van der Waals surface area (Å²) in [5, 5.41) is 19.8. The third-order valence-corrected chi connectivity index (χ3v) is 6.11. The van der Waals surface area contributed by atoms with E-state index in [4.69, 9.17) is 0 Å². The molecule has 5 heteroatoms. The third kappa shape index (κ3) is 2.87. The summed E-state index contributed by atoms with van der Waals surface area (Å²) >= 11 is 1.73. The Morgan fingerprint density at radius 2 is 1.79 bits per heavy atom. The van der Waals surface area contributed by atoms with Crippen LogP contribution >= 0.6 is 11.8 Å². The molecule has 0 unspecified atom stereocenters. The van der Waals surface area contributed by atoms with Crippen LogP contribution in [0.15, 0.2) is 70.1 Å². The van der Waals surface area contributed by atoms with Crippen molar-refractivity contribution in [3.63, 3.8) is 0 Å². The summed E-state index contributed by atoms with van der Waals surface area (Å²) in [6.07, 6.45) is 4.08. The first-order chi connectivity index (χ1) is 13.5. The summed E-state index contributed by atoms with van der Waals surface area (Å²) in [7, 11) is 6.14. The SMILES string of the molecule is CN(C)c1ccc2c(c1)S/C(=C\C1=CC(=C(C#N)C#N)c3ccccc31)N2C. The van der Waals surface area contributed by atoms with Crippen molar-refractivity contribution in [2.45, 2.75) is 4.90 Å². The highest BCUT2D eigenvalue weighted by Crippen LogP contribution is 2.48. The van der Waals surface area contributed by atoms with Crippen LogP contribution in [0.25, 0.3) is 11.1 Å². The topological polar surface area (TPSA) is 54.1 Å². The molecule has 4 rings (SSSR count). The van der Waals surface area contributed by atoms with Crippen molar-refractivity contribution in [2.75, 3.05) is 30.9 Å². The predicted octanol–water partition coefficient (Wildman–Crippen LogP) is 5.03. The fraction of sp³-hybridized carbons (Fsp3) is 0.130. The molecule has 0 saturated heterocycles. The van der Waals surface area contributed by atoms with Gasteiger partial charge in [0.1, 0.15) is 17.7 Å². The van der Waals surface area contributed by atoms with Crippen molar-refractivity contribution in [3.05, 3.63) is 76.3 Å². The fourth-order valence-corrected chi connectivity index (χ4v) is 4.59. The van der Waals surface area contributed by atoms with Crippen molar-refractivity contribution in [2.24, 2.45) is 0 Å². The van der Waals surface area contributed by atoms with Crippen molar-refractivity contribution in [1.29, 1.82) is 10.5 Å². The minimum absolute atomic E-state index is 0.146. The number of fused-ring (bicyclic) bond motifs is 2. The number of nitrogens with zero attached hydrogens (tertiary/aromatic N) is 4. The summed E-state index contributed by atoms with van der Waals surface area (Å²) in [6, 6.07) is 18.4. The number of allylic oxidation sites excluding steroid dienone is 5. The van der Waals surface area contributed by atoms with E-state index < -0.39 is 0 Å². The monoisotopic (exact) mass is 382 g/mol. The van der Waals surface area contributed by atoms with Gasteiger partial charge in [0.25, 0.3) is 0 Å². The molecule has 0 N–H and O–H groups in total. The van der Waals surface area contributed by atoms with E-state index in [0.717, 1.165) is 21.7 Å². The quantitative estimate of drug-likeness (QED) is 0.682. The maximum absolute atomic E-state index is 9.32. The average Bonchev–Trinajstić information content (AvgIpc) is 3.21. The Morgan fingerprint density at radius 3 is 2.46 bits per heavy atom. The summed E-state index contributed by atoms with van der Waals surface area (Å²) in [6.45, 7) is 0. The Bertz CT molecular complexity index is 1140. The highest BCUT2D eigenvalue weighted by Gasteiger charge is 2.25. The van der Waals surface area contributed by atoms with Gasteiger partial charge in [-0.25, -0.2) is 0 Å². The van der Waals surface area contributed by atoms with Crippen LogP contribution in [0.5, 0.6) is 0 Å². The lowest BCUT2D eigenvalue weighted by molar-refractivity contribution is 1.11. The van der Waals surface area contributed by atoms with Crippen LogP contribution in [-0.4, -0.2) is 21.1 Å². The Morgan fingerprint density at radius 1 is 1.07 bits per heavy atom. The lowest BCUT2D eigenvalue weighted by atomic mass is 10.0. The molecule has 0 atom stereocenters. The molecule has 28 heavy (non-hydrogen) atoms. The highest BCUT2D eigenvalue weighted by atomic mass is 32.2. The average molecular weight is 382 g/mol. The van der Waals surface area contributed by atoms with E-state index >= 15 is 0 Å². The van der Waals surface area contributed by atoms with E-state index in [9.17, 15) is 10.5 Å². The molecule has 0 aromatic heterocycles. The third-order valence-electron chi connectivity index (χ3n) is 4.97. The zero-order chi connectivity index (χ0) is 19.8. The summed E-state index contributed by atoms with van der Waals surface area (Å²) < 4.78 is 0. The number of anilines is 2. The second kappa shape index (κ2) is 6.96. The van der Waals surface area contributed by atoms with Crippen molar-refractivity contribution in [3.8, 4) is 12.1 Å². The van der Waals surface area contributed by atoms with Gasteiger partial charge < -0.3 is 9.80 Å². The first kappa shape index (κ1) is 18.0. The standard InChI is InChI=1S/C23H18N4S/c1-26(2)17-8-9-21-22(12-17)28-23(27(21)3)11-15-10-20(16(13-24)14-25)19-7-5-4-6-18(15)19/h4-12H,1-3H3/b23-11-. The van der Waals surface area contributed by atoms with Crippen molar-refractivity contribution < 1.29 is 0 Å². The van der Waals surface area contributed by atoms with Gasteiger partial charge in [0.15, 0.2) is 0 Å². The number of hydrogen-bond acceptors (Lipinski definition) is 5. The van der Waals surface area contributed by atoms with Crippen molar-refractivity contribution >= 4 is 34.3 Å². The first-order valence-corrected chi connectivity index (χ1v) is 9.65. The van der Waals surface area contributed by atoms with Crippen LogP contribution in [0.2, 0.25) is 0 Å². The fourth-order valence-electron chi connectivity index (χ4n) is 3.45. The molecule has 2 aromatic carbocycles. The van der Waals surface area contributed by atoms with Gasteiger partial charge in [-0.3, -0.25) is 0 Å². The van der Waals surface area contributed by atoms with Crippen LogP contribution in [0.3, 0.4) is 0 Å². The molecule has 136 valence electrons. The van der Waals surface area contributed by atoms with E-state index in [1.54, 1.807) is 11.8 Å². The molecule has 0 bridgehead atoms. The maximum Gasteiger partial charge on any atom is 0.137 e. The molecular formula is C23H18N4S. The van der Waals surface area contributed by atoms with Crippen LogP contribution in [-0.2, 0) is 0 Å². The van der Waals surface area contributed by atoms with Crippen LogP contribution < -0.4 is 9.80 Å². The molecule has 0 spiro atoms. The first-order valence-electron chi connectivity index (χ1n) is 8.84. The molecule has 0 radical (unpaired) electrons. The second-order valence-corrected chi connectivity index (χ2v) is 7.91. The van der Waals surface area contributed by atoms with E-state index in [2.05, 4.69) is 41.1 Å². The van der Waals surface area contributed by atoms with Gasteiger partial charge in [-0.1, -0.05) is 36.0 Å². The molecule has 2 aromatic rings. The molecule has 0 saturated carbocycles. The number of thioether (sulfide) groups is 1. The second-order valence-electron chi connectivity index (χ2n) is 6.85. The minimum Gasteiger partial charge on any atom is -0.378 e. The van der Waals surface area contributed by atoms with Gasteiger partial charge in [0.2, 0.25) is 0 Å². The van der Waals surface area contributed by atoms with E-state index in [1.165, 1.54) is 16.3 Å². The molecule has 2 aliphatic rings. The van der Waals surface area contributed by atoms with Crippen LogP contribution in [0, 0.1) is 22.7 Å². The van der Waals surface area contributed by atoms with Crippen molar-refractivity contribution in [1.82, 2.24) is 0 Å². The largest absolute Gasteiger partial charge is 0.378 e. The summed E-state index contributed by atoms with van der Waals surface area (Å²) in [5.41, 5.74) is 6.20. The van der Waals surface area contributed by atoms with Gasteiger partial charge >= 0.3 is 0 Å². The number of rotatable bonds is 2. The lowest BCUT2D eigenvalue weighted by Gasteiger charge is -2.16. The van der Waals surface area contributed by atoms with E-state index in [1.807, 2.05) is 56.6 Å². The zero-order valence-electron chi connectivity index (χ0n) is 15.9. The van der Waals surface area contributed by atoms with E-state index in [0.29, 0.717) is 5.57 Å². The number of benzene rings is 2. The Labute approximate surface area is 169 Å². The lowest BCUT2D eigenvalue weighted by Crippen LogP contribution is -2.11. The molecule has 0 fully saturated rings. The normalized spacial score (nSPS) is 15.6. The minimum atomic E-state index is 0.146. The molecule has 1 aliphatic heterocycles. The molecule has 4 nitrogen and oxygen atoms in total. The highest BCUT2D eigenvalue weighted by molar-refractivity contribution is 8.03. The van der Waals surface area contributed by atoms with Gasteiger partial charge in [-0.05, 0) is 47.1 Å². The van der Waals surface area contributed by atoms with E-state index in [-0.39, 0.29) is 5.57 Å².